The van der Waals surface area contributed by atoms with Gasteiger partial charge in [-0.05, 0) is 54.6 Å². The molecule has 4 aromatic heterocycles. The number of fused-ring (bicyclic) bond motifs is 6. The summed E-state index contributed by atoms with van der Waals surface area (Å²) >= 11 is 0. The molecule has 7 nitrogen and oxygen atoms in total. The smallest absolute Gasteiger partial charge is 0.164 e. The lowest BCUT2D eigenvalue weighted by molar-refractivity contribution is 0.669. The molecule has 0 aliphatic heterocycles. The topological polar surface area (TPSA) is 82.5 Å². The fourth-order valence-electron chi connectivity index (χ4n) is 8.60. The first kappa shape index (κ1) is 35.4. The monoisotopic (exact) mass is 794 g/mol. The van der Waals surface area contributed by atoms with E-state index in [1.54, 1.807) is 0 Å². The molecule has 0 amide bonds. The van der Waals surface area contributed by atoms with Crippen molar-refractivity contribution >= 4 is 43.7 Å². The lowest BCUT2D eigenvalue weighted by Crippen LogP contribution is -2.00. The average molecular weight is 795 g/mol. The van der Waals surface area contributed by atoms with Crippen LogP contribution in [0.5, 0.6) is 0 Å². The summed E-state index contributed by atoms with van der Waals surface area (Å²) in [7, 11) is 0. The molecule has 0 unspecified atom stereocenters. The fraction of sp³-hybridized carbons (Fsp3) is 0. The Morgan fingerprint density at radius 2 is 0.871 bits per heavy atom. The molecule has 62 heavy (non-hydrogen) atoms. The largest absolute Gasteiger partial charge is 0.455 e. The second kappa shape index (κ2) is 14.6. The molecule has 0 saturated heterocycles. The summed E-state index contributed by atoms with van der Waals surface area (Å²) in [4.78, 5) is 25.8. The molecule has 0 spiro atoms. The van der Waals surface area contributed by atoms with Crippen LogP contribution >= 0.6 is 0 Å². The van der Waals surface area contributed by atoms with Gasteiger partial charge in [-0.25, -0.2) is 24.9 Å². The number of para-hydroxylation sites is 3. The minimum absolute atomic E-state index is 0.566. The van der Waals surface area contributed by atoms with E-state index in [0.717, 1.165) is 88.6 Å². The van der Waals surface area contributed by atoms with Crippen LogP contribution in [-0.4, -0.2) is 29.5 Å². The first-order valence-electron chi connectivity index (χ1n) is 20.6. The van der Waals surface area contributed by atoms with Crippen LogP contribution in [0.2, 0.25) is 0 Å². The van der Waals surface area contributed by atoms with Gasteiger partial charge in [-0.1, -0.05) is 152 Å². The normalized spacial score (nSPS) is 11.5. The molecule has 7 heteroatoms. The van der Waals surface area contributed by atoms with Crippen molar-refractivity contribution < 1.29 is 4.42 Å². The summed E-state index contributed by atoms with van der Waals surface area (Å²) in [6.45, 7) is 0. The Bertz CT molecular complexity index is 3560. The van der Waals surface area contributed by atoms with Gasteiger partial charge < -0.3 is 8.98 Å². The molecule has 0 bridgehead atoms. The molecule has 12 rings (SSSR count). The molecule has 290 valence electrons. The fourth-order valence-corrected chi connectivity index (χ4v) is 8.60. The number of rotatable bonds is 7. The molecule has 0 aliphatic carbocycles. The Kier molecular flexibility index (Phi) is 8.35. The Morgan fingerprint density at radius 1 is 0.339 bits per heavy atom. The van der Waals surface area contributed by atoms with Crippen molar-refractivity contribution in [3.05, 3.63) is 206 Å². The van der Waals surface area contributed by atoms with E-state index in [9.17, 15) is 0 Å². The number of aromatic nitrogens is 6. The second-order valence-electron chi connectivity index (χ2n) is 15.2. The zero-order valence-electron chi connectivity index (χ0n) is 33.2. The van der Waals surface area contributed by atoms with Crippen molar-refractivity contribution in [2.45, 2.75) is 0 Å². The van der Waals surface area contributed by atoms with Crippen molar-refractivity contribution in [2.24, 2.45) is 0 Å². The van der Waals surface area contributed by atoms with Gasteiger partial charge in [0.05, 0.1) is 28.0 Å². The zero-order chi connectivity index (χ0) is 41.0. The third-order valence-corrected chi connectivity index (χ3v) is 11.5. The summed E-state index contributed by atoms with van der Waals surface area (Å²) in [6.07, 6.45) is 0. The maximum absolute atomic E-state index is 6.70. The van der Waals surface area contributed by atoms with Crippen molar-refractivity contribution in [1.29, 1.82) is 0 Å². The van der Waals surface area contributed by atoms with E-state index < -0.39 is 0 Å². The van der Waals surface area contributed by atoms with Gasteiger partial charge in [-0.2, -0.15) is 0 Å². The molecule has 12 aromatic rings. The van der Waals surface area contributed by atoms with Crippen LogP contribution < -0.4 is 0 Å². The Morgan fingerprint density at radius 3 is 1.58 bits per heavy atom. The van der Waals surface area contributed by atoms with Gasteiger partial charge in [0.1, 0.15) is 11.2 Å². The van der Waals surface area contributed by atoms with Crippen LogP contribution in [-0.2, 0) is 0 Å². The van der Waals surface area contributed by atoms with Gasteiger partial charge in [-0.3, -0.25) is 0 Å². The maximum Gasteiger partial charge on any atom is 0.164 e. The number of benzene rings is 8. The molecular weight excluding hydrogens is 761 g/mol. The average Bonchev–Trinajstić information content (AvgIpc) is 3.90. The first-order chi connectivity index (χ1) is 30.7. The highest BCUT2D eigenvalue weighted by Crippen LogP contribution is 2.40. The molecule has 4 heterocycles. The lowest BCUT2D eigenvalue weighted by atomic mass is 10.0. The summed E-state index contributed by atoms with van der Waals surface area (Å²) in [5.74, 6) is 2.35. The van der Waals surface area contributed by atoms with E-state index in [1.807, 2.05) is 103 Å². The van der Waals surface area contributed by atoms with Gasteiger partial charge in [0, 0.05) is 55.0 Å². The Balaban J connectivity index is 1.04. The molecular formula is C55H34N6O. The standard InChI is InChI=1S/C55H34N6O/c1-5-17-35(18-6-1)45-34-46(36-19-7-2-8-20-36)57-55(56-45)43-28-15-26-40-44-33-38(31-32-49(44)62-51(40)43)53-58-52(37-21-9-3-10-22-37)59-54(60-53)42-27-16-30-48-50(42)41-25-13-14-29-47(41)61(48)39-23-11-4-12-24-39/h1-34H. The van der Waals surface area contributed by atoms with E-state index in [4.69, 9.17) is 29.3 Å². The number of hydrogen-bond acceptors (Lipinski definition) is 6. The zero-order valence-corrected chi connectivity index (χ0v) is 33.2. The minimum Gasteiger partial charge on any atom is -0.455 e. The molecule has 0 saturated carbocycles. The third kappa shape index (κ3) is 6.02. The number of nitrogens with zero attached hydrogens (tertiary/aromatic N) is 6. The summed E-state index contributed by atoms with van der Waals surface area (Å²) in [5, 5.41) is 4.10. The number of hydrogen-bond donors (Lipinski definition) is 0. The second-order valence-corrected chi connectivity index (χ2v) is 15.2. The molecule has 0 fully saturated rings. The van der Waals surface area contributed by atoms with Crippen molar-refractivity contribution in [1.82, 2.24) is 29.5 Å². The molecule has 0 N–H and O–H groups in total. The van der Waals surface area contributed by atoms with Gasteiger partial charge >= 0.3 is 0 Å². The van der Waals surface area contributed by atoms with E-state index >= 15 is 0 Å². The van der Waals surface area contributed by atoms with Gasteiger partial charge in [0.2, 0.25) is 0 Å². The van der Waals surface area contributed by atoms with Gasteiger partial charge in [0.25, 0.3) is 0 Å². The van der Waals surface area contributed by atoms with Crippen LogP contribution in [0.3, 0.4) is 0 Å². The Labute approximate surface area is 356 Å². The van der Waals surface area contributed by atoms with Gasteiger partial charge in [-0.15, -0.1) is 0 Å². The molecule has 0 radical (unpaired) electrons. The van der Waals surface area contributed by atoms with Gasteiger partial charge in [0.15, 0.2) is 23.3 Å². The molecule has 8 aromatic carbocycles. The molecule has 0 atom stereocenters. The van der Waals surface area contributed by atoms with Crippen LogP contribution in [0.25, 0.3) is 117 Å². The Hall–Kier alpha value is -8.55. The maximum atomic E-state index is 6.70. The number of furan rings is 1. The van der Waals surface area contributed by atoms with E-state index in [0.29, 0.717) is 28.9 Å². The SMILES string of the molecule is c1ccc(-c2cc(-c3ccccc3)nc(-c3cccc4c3oc3ccc(-c5nc(-c6ccccc6)nc(-c6cccc7c6c6ccccc6n7-c6ccccc6)n5)cc34)n2)cc1. The van der Waals surface area contributed by atoms with E-state index in [1.165, 1.54) is 0 Å². The highest BCUT2D eigenvalue weighted by molar-refractivity contribution is 6.15. The molecule has 0 aliphatic rings. The van der Waals surface area contributed by atoms with Crippen LogP contribution in [0.1, 0.15) is 0 Å². The minimum atomic E-state index is 0.566. The van der Waals surface area contributed by atoms with Crippen molar-refractivity contribution in [3.8, 4) is 73.8 Å². The highest BCUT2D eigenvalue weighted by atomic mass is 16.3. The van der Waals surface area contributed by atoms with E-state index in [-0.39, 0.29) is 0 Å². The third-order valence-electron chi connectivity index (χ3n) is 11.5. The van der Waals surface area contributed by atoms with E-state index in [2.05, 4.69) is 108 Å². The highest BCUT2D eigenvalue weighted by Gasteiger charge is 2.21. The first-order valence-corrected chi connectivity index (χ1v) is 20.6. The summed E-state index contributed by atoms with van der Waals surface area (Å²) in [6, 6.07) is 70.3. The lowest BCUT2D eigenvalue weighted by Gasteiger charge is -2.10. The van der Waals surface area contributed by atoms with Crippen molar-refractivity contribution in [3.63, 3.8) is 0 Å². The van der Waals surface area contributed by atoms with Crippen molar-refractivity contribution in [2.75, 3.05) is 0 Å². The van der Waals surface area contributed by atoms with Crippen LogP contribution in [0, 0.1) is 0 Å². The predicted octanol–water partition coefficient (Wildman–Crippen LogP) is 13.7. The predicted molar refractivity (Wildman–Crippen MR) is 250 cm³/mol. The quantitative estimate of drug-likeness (QED) is 0.160. The van der Waals surface area contributed by atoms with Crippen LogP contribution in [0.15, 0.2) is 211 Å². The summed E-state index contributed by atoms with van der Waals surface area (Å²) in [5.41, 5.74) is 11.9. The summed E-state index contributed by atoms with van der Waals surface area (Å²) < 4.78 is 9.01. The van der Waals surface area contributed by atoms with Crippen LogP contribution in [0.4, 0.5) is 0 Å².